The van der Waals surface area contributed by atoms with Crippen LogP contribution in [-0.4, -0.2) is 45.6 Å². The van der Waals surface area contributed by atoms with E-state index in [0.717, 1.165) is 25.7 Å². The first kappa shape index (κ1) is 14.9. The Hall–Kier alpha value is -0.170. The van der Waals surface area contributed by atoms with Crippen molar-refractivity contribution in [2.24, 2.45) is 5.41 Å². The highest BCUT2D eigenvalue weighted by Gasteiger charge is 2.34. The number of ether oxygens (including phenoxy) is 1. The number of aliphatic hydroxyl groups is 1. The van der Waals surface area contributed by atoms with E-state index in [1.807, 2.05) is 6.92 Å². The average Bonchev–Trinajstić information content (AvgIpc) is 2.76. The van der Waals surface area contributed by atoms with Crippen molar-refractivity contribution < 1.29 is 18.3 Å². The second kappa shape index (κ2) is 6.68. The first-order valence-electron chi connectivity index (χ1n) is 6.19. The van der Waals surface area contributed by atoms with Crippen LogP contribution >= 0.6 is 0 Å². The lowest BCUT2D eigenvalue weighted by molar-refractivity contribution is 0.134. The molecule has 0 atom stereocenters. The summed E-state index contributed by atoms with van der Waals surface area (Å²) in [7, 11) is -3.28. The van der Waals surface area contributed by atoms with Crippen molar-refractivity contribution >= 4 is 10.0 Å². The molecule has 1 aliphatic carbocycles. The van der Waals surface area contributed by atoms with E-state index in [1.165, 1.54) is 0 Å². The van der Waals surface area contributed by atoms with E-state index >= 15 is 0 Å². The third-order valence-corrected chi connectivity index (χ3v) is 4.66. The zero-order valence-corrected chi connectivity index (χ0v) is 11.3. The summed E-state index contributed by atoms with van der Waals surface area (Å²) in [4.78, 5) is 0. The molecule has 0 spiro atoms. The molecule has 2 N–H and O–H groups in total. The van der Waals surface area contributed by atoms with Crippen LogP contribution in [0, 0.1) is 5.41 Å². The molecule has 0 aromatic rings. The molecule has 1 aliphatic rings. The molecule has 0 saturated heterocycles. The van der Waals surface area contributed by atoms with Crippen LogP contribution in [0.2, 0.25) is 0 Å². The Labute approximate surface area is 104 Å². The molecule has 1 rings (SSSR count). The molecule has 0 unspecified atom stereocenters. The van der Waals surface area contributed by atoms with Gasteiger partial charge in [0.05, 0.1) is 12.4 Å². The highest BCUT2D eigenvalue weighted by atomic mass is 32.2. The maximum atomic E-state index is 11.6. The minimum Gasteiger partial charge on any atom is -0.396 e. The predicted molar refractivity (Wildman–Crippen MR) is 66.3 cm³/mol. The predicted octanol–water partition coefficient (Wildman–Crippen LogP) is 0.495. The molecular formula is C11H23NO4S. The summed E-state index contributed by atoms with van der Waals surface area (Å²) in [5.74, 6) is -0.0116. The Kier molecular flexibility index (Phi) is 5.85. The summed E-state index contributed by atoms with van der Waals surface area (Å²) in [6.07, 6.45) is 3.94. The molecule has 17 heavy (non-hydrogen) atoms. The lowest BCUT2D eigenvalue weighted by Gasteiger charge is -2.26. The Morgan fingerprint density at radius 3 is 2.53 bits per heavy atom. The van der Waals surface area contributed by atoms with Crippen LogP contribution in [0.5, 0.6) is 0 Å². The van der Waals surface area contributed by atoms with Gasteiger partial charge in [0.1, 0.15) is 0 Å². The fraction of sp³-hybridized carbons (Fsp3) is 1.00. The van der Waals surface area contributed by atoms with E-state index in [2.05, 4.69) is 4.72 Å². The number of nitrogens with one attached hydrogen (secondary N) is 1. The van der Waals surface area contributed by atoms with Gasteiger partial charge in [-0.25, -0.2) is 13.1 Å². The van der Waals surface area contributed by atoms with Gasteiger partial charge in [0.25, 0.3) is 0 Å². The average molecular weight is 265 g/mol. The number of hydrogen-bond acceptors (Lipinski definition) is 4. The molecule has 0 bridgehead atoms. The largest absolute Gasteiger partial charge is 0.396 e. The van der Waals surface area contributed by atoms with Crippen LogP contribution in [0.15, 0.2) is 0 Å². The minimum atomic E-state index is -3.28. The molecule has 6 heteroatoms. The van der Waals surface area contributed by atoms with Gasteiger partial charge in [-0.2, -0.15) is 0 Å². The van der Waals surface area contributed by atoms with Crippen LogP contribution in [0.1, 0.15) is 32.6 Å². The summed E-state index contributed by atoms with van der Waals surface area (Å²) < 4.78 is 30.9. The SMILES string of the molecule is CCOCCS(=O)(=O)NCC1(CO)CCCC1. The van der Waals surface area contributed by atoms with Crippen molar-refractivity contribution in [3.63, 3.8) is 0 Å². The molecule has 0 heterocycles. The van der Waals surface area contributed by atoms with Crippen molar-refractivity contribution in [2.45, 2.75) is 32.6 Å². The van der Waals surface area contributed by atoms with E-state index < -0.39 is 10.0 Å². The Balaban J connectivity index is 2.37. The first-order chi connectivity index (χ1) is 8.04. The Morgan fingerprint density at radius 1 is 1.35 bits per heavy atom. The van der Waals surface area contributed by atoms with Crippen molar-refractivity contribution in [1.82, 2.24) is 4.72 Å². The zero-order chi connectivity index (χ0) is 12.8. The summed E-state index contributed by atoms with van der Waals surface area (Å²) in [5.41, 5.74) is -0.237. The normalized spacial score (nSPS) is 19.6. The van der Waals surface area contributed by atoms with E-state index in [9.17, 15) is 13.5 Å². The molecule has 0 aromatic carbocycles. The maximum absolute atomic E-state index is 11.6. The molecule has 0 aliphatic heterocycles. The molecular weight excluding hydrogens is 242 g/mol. The fourth-order valence-corrected chi connectivity index (χ4v) is 3.17. The van der Waals surface area contributed by atoms with Crippen LogP contribution in [0.4, 0.5) is 0 Å². The second-order valence-corrected chi connectivity index (χ2v) is 6.63. The second-order valence-electron chi connectivity index (χ2n) is 4.70. The van der Waals surface area contributed by atoms with E-state index in [1.54, 1.807) is 0 Å². The van der Waals surface area contributed by atoms with Crippen LogP contribution in [-0.2, 0) is 14.8 Å². The standard InChI is InChI=1S/C11H23NO4S/c1-2-16-7-8-17(14,15)12-9-11(10-13)5-3-4-6-11/h12-13H,2-10H2,1H3. The van der Waals surface area contributed by atoms with Gasteiger partial charge >= 0.3 is 0 Å². The Morgan fingerprint density at radius 2 is 2.00 bits per heavy atom. The van der Waals surface area contributed by atoms with Crippen LogP contribution in [0.3, 0.4) is 0 Å². The molecule has 1 saturated carbocycles. The molecule has 1 fully saturated rings. The van der Waals surface area contributed by atoms with Crippen molar-refractivity contribution in [3.05, 3.63) is 0 Å². The summed E-state index contributed by atoms with van der Waals surface area (Å²) >= 11 is 0. The quantitative estimate of drug-likeness (QED) is 0.627. The van der Waals surface area contributed by atoms with Crippen molar-refractivity contribution in [1.29, 1.82) is 0 Å². The fourth-order valence-electron chi connectivity index (χ4n) is 2.16. The van der Waals surface area contributed by atoms with Crippen LogP contribution < -0.4 is 4.72 Å². The lowest BCUT2D eigenvalue weighted by Crippen LogP contribution is -2.39. The van der Waals surface area contributed by atoms with Crippen molar-refractivity contribution in [2.75, 3.05) is 32.1 Å². The van der Waals surface area contributed by atoms with Crippen molar-refractivity contribution in [3.8, 4) is 0 Å². The van der Waals surface area contributed by atoms with Gasteiger partial charge in [-0.15, -0.1) is 0 Å². The molecule has 0 amide bonds. The van der Waals surface area contributed by atoms with E-state index in [0.29, 0.717) is 13.2 Å². The number of rotatable bonds is 8. The van der Waals surface area contributed by atoms with Gasteiger partial charge in [0, 0.05) is 25.2 Å². The van der Waals surface area contributed by atoms with Gasteiger partial charge in [-0.1, -0.05) is 12.8 Å². The van der Waals surface area contributed by atoms with Gasteiger partial charge < -0.3 is 9.84 Å². The topological polar surface area (TPSA) is 75.6 Å². The third kappa shape index (κ3) is 4.91. The van der Waals surface area contributed by atoms with E-state index in [4.69, 9.17) is 4.74 Å². The summed E-state index contributed by atoms with van der Waals surface area (Å²) in [6, 6.07) is 0. The maximum Gasteiger partial charge on any atom is 0.213 e. The summed E-state index contributed by atoms with van der Waals surface area (Å²) in [6.45, 7) is 2.98. The lowest BCUT2D eigenvalue weighted by atomic mass is 9.88. The Bertz CT molecular complexity index is 309. The first-order valence-corrected chi connectivity index (χ1v) is 7.85. The van der Waals surface area contributed by atoms with E-state index in [-0.39, 0.29) is 24.4 Å². The molecule has 0 aromatic heterocycles. The minimum absolute atomic E-state index is 0.0116. The van der Waals surface area contributed by atoms with Crippen LogP contribution in [0.25, 0.3) is 0 Å². The van der Waals surface area contributed by atoms with Gasteiger partial charge in [-0.05, 0) is 19.8 Å². The zero-order valence-electron chi connectivity index (χ0n) is 10.4. The number of sulfonamides is 1. The molecule has 102 valence electrons. The van der Waals surface area contributed by atoms with Gasteiger partial charge in [0.2, 0.25) is 10.0 Å². The highest BCUT2D eigenvalue weighted by Crippen LogP contribution is 2.36. The molecule has 5 nitrogen and oxygen atoms in total. The number of hydrogen-bond donors (Lipinski definition) is 2. The summed E-state index contributed by atoms with van der Waals surface area (Å²) in [5, 5.41) is 9.37. The number of aliphatic hydroxyl groups excluding tert-OH is 1. The smallest absolute Gasteiger partial charge is 0.213 e. The third-order valence-electron chi connectivity index (χ3n) is 3.37. The monoisotopic (exact) mass is 265 g/mol. The van der Waals surface area contributed by atoms with Gasteiger partial charge in [-0.3, -0.25) is 0 Å². The molecule has 0 radical (unpaired) electrons. The van der Waals surface area contributed by atoms with Gasteiger partial charge in [0.15, 0.2) is 0 Å². The highest BCUT2D eigenvalue weighted by molar-refractivity contribution is 7.89.